The fraction of sp³-hybridized carbons (Fsp3) is 0.231. The number of aromatic nitrogens is 1. The smallest absolute Gasteiger partial charge is 0.188 e. The summed E-state index contributed by atoms with van der Waals surface area (Å²) in [6, 6.07) is 8.31. The molecular formula is C13H13NOS. The van der Waals surface area contributed by atoms with E-state index in [1.165, 1.54) is 16.9 Å². The van der Waals surface area contributed by atoms with E-state index in [1.807, 2.05) is 5.38 Å². The fourth-order valence-electron chi connectivity index (χ4n) is 1.48. The molecule has 2 nitrogen and oxygen atoms in total. The van der Waals surface area contributed by atoms with Gasteiger partial charge in [-0.05, 0) is 12.0 Å². The van der Waals surface area contributed by atoms with Crippen LogP contribution in [0, 0.1) is 0 Å². The normalized spacial score (nSPS) is 10.4. The van der Waals surface area contributed by atoms with Crippen LogP contribution < -0.4 is 0 Å². The van der Waals surface area contributed by atoms with Crippen molar-refractivity contribution in [2.24, 2.45) is 0 Å². The van der Waals surface area contributed by atoms with Gasteiger partial charge in [-0.1, -0.05) is 31.2 Å². The van der Waals surface area contributed by atoms with Gasteiger partial charge in [0.1, 0.15) is 0 Å². The molecule has 0 N–H and O–H groups in total. The third-order valence-electron chi connectivity index (χ3n) is 2.46. The summed E-state index contributed by atoms with van der Waals surface area (Å²) >= 11 is 1.40. The monoisotopic (exact) mass is 231 g/mol. The highest BCUT2D eigenvalue weighted by Gasteiger charge is 2.07. The van der Waals surface area contributed by atoms with E-state index in [-0.39, 0.29) is 5.78 Å². The Kier molecular flexibility index (Phi) is 3.15. The van der Waals surface area contributed by atoms with E-state index in [2.05, 4.69) is 36.2 Å². The molecular weight excluding hydrogens is 218 g/mol. The van der Waals surface area contributed by atoms with Gasteiger partial charge in [0.25, 0.3) is 0 Å². The highest BCUT2D eigenvalue weighted by molar-refractivity contribution is 7.12. The summed E-state index contributed by atoms with van der Waals surface area (Å²) in [7, 11) is 0. The SMILES string of the molecule is CCc1ccc(-c2csc(C(C)=O)n2)cc1. The first-order valence-corrected chi connectivity index (χ1v) is 6.14. The maximum atomic E-state index is 11.1. The maximum absolute atomic E-state index is 11.1. The molecule has 1 aromatic heterocycles. The van der Waals surface area contributed by atoms with E-state index in [0.717, 1.165) is 17.7 Å². The van der Waals surface area contributed by atoms with Crippen molar-refractivity contribution in [2.75, 3.05) is 0 Å². The van der Waals surface area contributed by atoms with Crippen molar-refractivity contribution in [3.63, 3.8) is 0 Å². The first-order chi connectivity index (χ1) is 7.70. The van der Waals surface area contributed by atoms with Crippen LogP contribution in [0.1, 0.15) is 29.2 Å². The van der Waals surface area contributed by atoms with Crippen LogP contribution in [0.2, 0.25) is 0 Å². The molecule has 0 radical (unpaired) electrons. The summed E-state index contributed by atoms with van der Waals surface area (Å²) in [5.41, 5.74) is 3.27. The van der Waals surface area contributed by atoms with Crippen molar-refractivity contribution in [3.8, 4) is 11.3 Å². The van der Waals surface area contributed by atoms with Crippen LogP contribution in [0.4, 0.5) is 0 Å². The zero-order valence-electron chi connectivity index (χ0n) is 9.36. The molecule has 0 bridgehead atoms. The first kappa shape index (κ1) is 11.0. The van der Waals surface area contributed by atoms with Gasteiger partial charge >= 0.3 is 0 Å². The number of ketones is 1. The zero-order valence-corrected chi connectivity index (χ0v) is 10.2. The standard InChI is InChI=1S/C13H13NOS/c1-3-10-4-6-11(7-5-10)12-8-16-13(14-12)9(2)15/h4-8H,3H2,1-2H3. The minimum absolute atomic E-state index is 0.0291. The average Bonchev–Trinajstić information content (AvgIpc) is 2.78. The van der Waals surface area contributed by atoms with Crippen LogP contribution >= 0.6 is 11.3 Å². The molecule has 0 spiro atoms. The molecule has 0 aliphatic heterocycles. The van der Waals surface area contributed by atoms with Gasteiger partial charge in [0.15, 0.2) is 10.8 Å². The predicted octanol–water partition coefficient (Wildman–Crippen LogP) is 3.58. The second-order valence-corrected chi connectivity index (χ2v) is 4.50. The summed E-state index contributed by atoms with van der Waals surface area (Å²) in [6.45, 7) is 3.68. The van der Waals surface area contributed by atoms with Crippen molar-refractivity contribution in [1.29, 1.82) is 0 Å². The quantitative estimate of drug-likeness (QED) is 0.756. The maximum Gasteiger partial charge on any atom is 0.188 e. The van der Waals surface area contributed by atoms with Gasteiger partial charge in [-0.15, -0.1) is 11.3 Å². The van der Waals surface area contributed by atoms with Gasteiger partial charge in [-0.2, -0.15) is 0 Å². The Labute approximate surface area is 99.0 Å². The Morgan fingerprint density at radius 1 is 1.31 bits per heavy atom. The second kappa shape index (κ2) is 4.58. The molecule has 3 heteroatoms. The Morgan fingerprint density at radius 2 is 2.00 bits per heavy atom. The van der Waals surface area contributed by atoms with Crippen molar-refractivity contribution < 1.29 is 4.79 Å². The highest BCUT2D eigenvalue weighted by Crippen LogP contribution is 2.22. The fourth-order valence-corrected chi connectivity index (χ4v) is 2.21. The van der Waals surface area contributed by atoms with E-state index in [4.69, 9.17) is 0 Å². The molecule has 1 heterocycles. The van der Waals surface area contributed by atoms with E-state index in [1.54, 1.807) is 6.92 Å². The number of thiazole rings is 1. The number of nitrogens with zero attached hydrogens (tertiary/aromatic N) is 1. The predicted molar refractivity (Wildman–Crippen MR) is 66.9 cm³/mol. The lowest BCUT2D eigenvalue weighted by atomic mass is 10.1. The van der Waals surface area contributed by atoms with Gasteiger partial charge in [0.05, 0.1) is 5.69 Å². The molecule has 2 aromatic rings. The number of rotatable bonds is 3. The minimum Gasteiger partial charge on any atom is -0.292 e. The van der Waals surface area contributed by atoms with Crippen molar-refractivity contribution in [2.45, 2.75) is 20.3 Å². The molecule has 82 valence electrons. The van der Waals surface area contributed by atoms with Crippen LogP contribution in [0.5, 0.6) is 0 Å². The molecule has 0 atom stereocenters. The molecule has 0 fully saturated rings. The Bertz CT molecular complexity index is 499. The molecule has 1 aromatic carbocycles. The Balaban J connectivity index is 2.31. The van der Waals surface area contributed by atoms with Crippen LogP contribution in [-0.2, 0) is 6.42 Å². The van der Waals surface area contributed by atoms with Crippen molar-refractivity contribution in [3.05, 3.63) is 40.2 Å². The second-order valence-electron chi connectivity index (χ2n) is 3.64. The molecule has 0 aliphatic rings. The minimum atomic E-state index is 0.0291. The molecule has 0 saturated carbocycles. The van der Waals surface area contributed by atoms with Crippen LogP contribution in [0.25, 0.3) is 11.3 Å². The lowest BCUT2D eigenvalue weighted by Gasteiger charge is -1.98. The third-order valence-corrected chi connectivity index (χ3v) is 3.41. The highest BCUT2D eigenvalue weighted by atomic mass is 32.1. The number of carbonyl (C=O) groups is 1. The Morgan fingerprint density at radius 3 is 2.50 bits per heavy atom. The summed E-state index contributed by atoms with van der Waals surface area (Å²) in [5.74, 6) is 0.0291. The summed E-state index contributed by atoms with van der Waals surface area (Å²) in [5, 5.41) is 2.51. The largest absolute Gasteiger partial charge is 0.292 e. The number of hydrogen-bond acceptors (Lipinski definition) is 3. The van der Waals surface area contributed by atoms with Gasteiger partial charge in [-0.3, -0.25) is 4.79 Å². The molecule has 2 rings (SSSR count). The summed E-state index contributed by atoms with van der Waals surface area (Å²) in [6.07, 6.45) is 1.04. The molecule has 16 heavy (non-hydrogen) atoms. The summed E-state index contributed by atoms with van der Waals surface area (Å²) in [4.78, 5) is 15.4. The average molecular weight is 231 g/mol. The molecule has 0 aliphatic carbocycles. The number of aryl methyl sites for hydroxylation is 1. The number of Topliss-reactive ketones (excluding diaryl/α,β-unsaturated/α-hetero) is 1. The summed E-state index contributed by atoms with van der Waals surface area (Å²) < 4.78 is 0. The van der Waals surface area contributed by atoms with Crippen molar-refractivity contribution in [1.82, 2.24) is 4.98 Å². The molecule has 0 amide bonds. The van der Waals surface area contributed by atoms with Crippen LogP contribution in [0.15, 0.2) is 29.6 Å². The molecule has 0 saturated heterocycles. The lowest BCUT2D eigenvalue weighted by molar-refractivity contribution is 0.101. The number of benzene rings is 1. The molecule has 0 unspecified atom stereocenters. The van der Waals surface area contributed by atoms with E-state index in [0.29, 0.717) is 5.01 Å². The van der Waals surface area contributed by atoms with Gasteiger partial charge < -0.3 is 0 Å². The van der Waals surface area contributed by atoms with E-state index >= 15 is 0 Å². The van der Waals surface area contributed by atoms with E-state index in [9.17, 15) is 4.79 Å². The Hall–Kier alpha value is -1.48. The van der Waals surface area contributed by atoms with E-state index < -0.39 is 0 Å². The van der Waals surface area contributed by atoms with Crippen molar-refractivity contribution >= 4 is 17.1 Å². The number of hydrogen-bond donors (Lipinski definition) is 0. The van der Waals surface area contributed by atoms with Gasteiger partial charge in [0, 0.05) is 17.9 Å². The number of carbonyl (C=O) groups excluding carboxylic acids is 1. The van der Waals surface area contributed by atoms with Gasteiger partial charge in [-0.25, -0.2) is 4.98 Å². The first-order valence-electron chi connectivity index (χ1n) is 5.26. The van der Waals surface area contributed by atoms with Gasteiger partial charge in [0.2, 0.25) is 0 Å². The van der Waals surface area contributed by atoms with Crippen LogP contribution in [-0.4, -0.2) is 10.8 Å². The topological polar surface area (TPSA) is 30.0 Å². The lowest BCUT2D eigenvalue weighted by Crippen LogP contribution is -1.90. The zero-order chi connectivity index (χ0) is 11.5. The third kappa shape index (κ3) is 2.19. The van der Waals surface area contributed by atoms with Crippen LogP contribution in [0.3, 0.4) is 0 Å².